The zero-order chi connectivity index (χ0) is 10.7. The standard InChI is InChI=1S/C11H11N3O/c1-15-9-4-2-3-8(5-9)10-6-11(12)14-7-13-10/h2-7H,1H3,(H2,12,13,14). The molecule has 76 valence electrons. The van der Waals surface area contributed by atoms with Crippen LogP contribution in [0, 0.1) is 0 Å². The van der Waals surface area contributed by atoms with Gasteiger partial charge in [-0.3, -0.25) is 0 Å². The van der Waals surface area contributed by atoms with Crippen LogP contribution in [0.15, 0.2) is 36.7 Å². The molecule has 1 aromatic heterocycles. The lowest BCUT2D eigenvalue weighted by Crippen LogP contribution is -1.92. The molecule has 2 aromatic rings. The molecule has 15 heavy (non-hydrogen) atoms. The summed E-state index contributed by atoms with van der Waals surface area (Å²) in [6.45, 7) is 0. The molecule has 0 unspecified atom stereocenters. The molecule has 0 aliphatic heterocycles. The van der Waals surface area contributed by atoms with Crippen molar-refractivity contribution in [1.82, 2.24) is 9.97 Å². The smallest absolute Gasteiger partial charge is 0.127 e. The number of benzene rings is 1. The van der Waals surface area contributed by atoms with E-state index in [2.05, 4.69) is 9.97 Å². The Hall–Kier alpha value is -2.10. The molecule has 0 spiro atoms. The SMILES string of the molecule is COc1cccc(-c2cc(N)ncn2)c1. The summed E-state index contributed by atoms with van der Waals surface area (Å²) in [4.78, 5) is 7.98. The van der Waals surface area contributed by atoms with Crippen molar-refractivity contribution in [3.8, 4) is 17.0 Å². The molecule has 4 heteroatoms. The first-order chi connectivity index (χ1) is 7.29. The van der Waals surface area contributed by atoms with Crippen molar-refractivity contribution in [2.75, 3.05) is 12.8 Å². The van der Waals surface area contributed by atoms with E-state index in [1.807, 2.05) is 24.3 Å². The normalized spacial score (nSPS) is 9.93. The first kappa shape index (κ1) is 9.45. The summed E-state index contributed by atoms with van der Waals surface area (Å²) in [6.07, 6.45) is 1.45. The average Bonchev–Trinajstić information content (AvgIpc) is 2.29. The Bertz CT molecular complexity index is 471. The quantitative estimate of drug-likeness (QED) is 0.803. The molecule has 2 rings (SSSR count). The zero-order valence-electron chi connectivity index (χ0n) is 8.34. The fourth-order valence-corrected chi connectivity index (χ4v) is 1.31. The number of hydrogen-bond acceptors (Lipinski definition) is 4. The van der Waals surface area contributed by atoms with Crippen molar-refractivity contribution in [3.63, 3.8) is 0 Å². The Morgan fingerprint density at radius 1 is 1.20 bits per heavy atom. The molecule has 0 radical (unpaired) electrons. The van der Waals surface area contributed by atoms with Crippen molar-refractivity contribution in [2.45, 2.75) is 0 Å². The first-order valence-electron chi connectivity index (χ1n) is 4.51. The lowest BCUT2D eigenvalue weighted by atomic mass is 10.1. The van der Waals surface area contributed by atoms with E-state index in [9.17, 15) is 0 Å². The van der Waals surface area contributed by atoms with Gasteiger partial charge >= 0.3 is 0 Å². The van der Waals surface area contributed by atoms with Crippen LogP contribution in [0.25, 0.3) is 11.3 Å². The molecular formula is C11H11N3O. The van der Waals surface area contributed by atoms with Crippen LogP contribution in [0.2, 0.25) is 0 Å². The number of nitrogens with zero attached hydrogens (tertiary/aromatic N) is 2. The molecule has 0 aliphatic rings. The molecule has 1 heterocycles. The van der Waals surface area contributed by atoms with Gasteiger partial charge in [0.15, 0.2) is 0 Å². The predicted molar refractivity (Wildman–Crippen MR) is 58.4 cm³/mol. The largest absolute Gasteiger partial charge is 0.497 e. The molecule has 0 amide bonds. The molecule has 1 aromatic carbocycles. The van der Waals surface area contributed by atoms with Crippen LogP contribution in [0.5, 0.6) is 5.75 Å². The highest BCUT2D eigenvalue weighted by Gasteiger charge is 2.01. The maximum Gasteiger partial charge on any atom is 0.127 e. The van der Waals surface area contributed by atoms with Crippen molar-refractivity contribution < 1.29 is 4.74 Å². The van der Waals surface area contributed by atoms with Gasteiger partial charge in [-0.2, -0.15) is 0 Å². The average molecular weight is 201 g/mol. The maximum absolute atomic E-state index is 5.58. The summed E-state index contributed by atoms with van der Waals surface area (Å²) in [5.74, 6) is 1.26. The van der Waals surface area contributed by atoms with Gasteiger partial charge in [-0.05, 0) is 12.1 Å². The van der Waals surface area contributed by atoms with E-state index >= 15 is 0 Å². The summed E-state index contributed by atoms with van der Waals surface area (Å²) in [5.41, 5.74) is 7.34. The number of nitrogens with two attached hydrogens (primary N) is 1. The van der Waals surface area contributed by atoms with Crippen molar-refractivity contribution in [1.29, 1.82) is 0 Å². The number of methoxy groups -OCH3 is 1. The van der Waals surface area contributed by atoms with Gasteiger partial charge in [-0.25, -0.2) is 9.97 Å². The van der Waals surface area contributed by atoms with Crippen LogP contribution >= 0.6 is 0 Å². The first-order valence-corrected chi connectivity index (χ1v) is 4.51. The number of nitrogen functional groups attached to an aromatic ring is 1. The summed E-state index contributed by atoms with van der Waals surface area (Å²) in [5, 5.41) is 0. The van der Waals surface area contributed by atoms with E-state index in [1.54, 1.807) is 13.2 Å². The number of ether oxygens (including phenoxy) is 1. The number of rotatable bonds is 2. The Morgan fingerprint density at radius 2 is 2.07 bits per heavy atom. The van der Waals surface area contributed by atoms with E-state index in [0.29, 0.717) is 5.82 Å². The van der Waals surface area contributed by atoms with Crippen LogP contribution in [0.3, 0.4) is 0 Å². The highest BCUT2D eigenvalue weighted by Crippen LogP contribution is 2.22. The number of aromatic nitrogens is 2. The van der Waals surface area contributed by atoms with Gasteiger partial charge in [0.1, 0.15) is 17.9 Å². The summed E-state index contributed by atoms with van der Waals surface area (Å²) >= 11 is 0. The van der Waals surface area contributed by atoms with Crippen LogP contribution in [0.1, 0.15) is 0 Å². The molecular weight excluding hydrogens is 190 g/mol. The minimum atomic E-state index is 0.461. The van der Waals surface area contributed by atoms with Gasteiger partial charge in [0, 0.05) is 11.6 Å². The van der Waals surface area contributed by atoms with E-state index in [0.717, 1.165) is 17.0 Å². The lowest BCUT2D eigenvalue weighted by Gasteiger charge is -2.03. The van der Waals surface area contributed by atoms with Gasteiger partial charge in [-0.1, -0.05) is 12.1 Å². The van der Waals surface area contributed by atoms with Crippen LogP contribution in [0.4, 0.5) is 5.82 Å². The summed E-state index contributed by atoms with van der Waals surface area (Å²) in [6, 6.07) is 9.38. The molecule has 0 saturated carbocycles. The van der Waals surface area contributed by atoms with Gasteiger partial charge in [0.25, 0.3) is 0 Å². The van der Waals surface area contributed by atoms with Gasteiger partial charge < -0.3 is 10.5 Å². The molecule has 0 aliphatic carbocycles. The molecule has 0 fully saturated rings. The topological polar surface area (TPSA) is 61.0 Å². The van der Waals surface area contributed by atoms with Crippen molar-refractivity contribution in [3.05, 3.63) is 36.7 Å². The molecule has 0 saturated heterocycles. The minimum absolute atomic E-state index is 0.461. The Kier molecular flexibility index (Phi) is 2.49. The molecule has 0 bridgehead atoms. The van der Waals surface area contributed by atoms with Gasteiger partial charge in [0.05, 0.1) is 12.8 Å². The second-order valence-electron chi connectivity index (χ2n) is 3.06. The fraction of sp³-hybridized carbons (Fsp3) is 0.0909. The highest BCUT2D eigenvalue weighted by atomic mass is 16.5. The number of anilines is 1. The lowest BCUT2D eigenvalue weighted by molar-refractivity contribution is 0.415. The van der Waals surface area contributed by atoms with Gasteiger partial charge in [0.2, 0.25) is 0 Å². The molecule has 2 N–H and O–H groups in total. The second kappa shape index (κ2) is 3.96. The Labute approximate surface area is 87.7 Å². The molecule has 4 nitrogen and oxygen atoms in total. The maximum atomic E-state index is 5.58. The third kappa shape index (κ3) is 2.04. The van der Waals surface area contributed by atoms with E-state index in [-0.39, 0.29) is 0 Å². The van der Waals surface area contributed by atoms with Crippen LogP contribution in [-0.4, -0.2) is 17.1 Å². The van der Waals surface area contributed by atoms with E-state index < -0.39 is 0 Å². The van der Waals surface area contributed by atoms with Gasteiger partial charge in [-0.15, -0.1) is 0 Å². The zero-order valence-corrected chi connectivity index (χ0v) is 8.34. The second-order valence-corrected chi connectivity index (χ2v) is 3.06. The number of hydrogen-bond donors (Lipinski definition) is 1. The van der Waals surface area contributed by atoms with E-state index in [4.69, 9.17) is 10.5 Å². The monoisotopic (exact) mass is 201 g/mol. The van der Waals surface area contributed by atoms with Crippen molar-refractivity contribution >= 4 is 5.82 Å². The van der Waals surface area contributed by atoms with Crippen molar-refractivity contribution in [2.24, 2.45) is 0 Å². The third-order valence-electron chi connectivity index (χ3n) is 2.05. The summed E-state index contributed by atoms with van der Waals surface area (Å²) < 4.78 is 5.13. The molecule has 0 atom stereocenters. The minimum Gasteiger partial charge on any atom is -0.497 e. The Balaban J connectivity index is 2.44. The predicted octanol–water partition coefficient (Wildman–Crippen LogP) is 1.73. The van der Waals surface area contributed by atoms with Crippen LogP contribution in [-0.2, 0) is 0 Å². The third-order valence-corrected chi connectivity index (χ3v) is 2.05. The Morgan fingerprint density at radius 3 is 2.80 bits per heavy atom. The van der Waals surface area contributed by atoms with Crippen LogP contribution < -0.4 is 10.5 Å². The summed E-state index contributed by atoms with van der Waals surface area (Å²) in [7, 11) is 1.63. The highest BCUT2D eigenvalue weighted by molar-refractivity contribution is 5.63. The van der Waals surface area contributed by atoms with E-state index in [1.165, 1.54) is 6.33 Å². The fourth-order valence-electron chi connectivity index (χ4n) is 1.31.